The van der Waals surface area contributed by atoms with Crippen molar-refractivity contribution in [2.75, 3.05) is 11.4 Å². The summed E-state index contributed by atoms with van der Waals surface area (Å²) >= 11 is 12.9. The molecule has 1 amide bonds. The molecule has 0 fully saturated rings. The van der Waals surface area contributed by atoms with Crippen LogP contribution in [0.15, 0.2) is 60.7 Å². The lowest BCUT2D eigenvalue weighted by atomic mass is 10.0. The number of nitriles is 1. The van der Waals surface area contributed by atoms with Gasteiger partial charge in [-0.05, 0) is 42.8 Å². The number of likely N-dealkylation sites (N-methyl/N-ethyl adjacent to an activating group) is 1. The van der Waals surface area contributed by atoms with Gasteiger partial charge in [0.15, 0.2) is 5.75 Å². The molecular weight excluding hydrogens is 431 g/mol. The van der Waals surface area contributed by atoms with Crippen molar-refractivity contribution in [1.82, 2.24) is 0 Å². The third-order valence-electron chi connectivity index (χ3n) is 5.12. The van der Waals surface area contributed by atoms with E-state index in [9.17, 15) is 10.1 Å². The molecule has 0 saturated carbocycles. The van der Waals surface area contributed by atoms with Gasteiger partial charge in [-0.1, -0.05) is 59.6 Å². The van der Waals surface area contributed by atoms with Crippen LogP contribution in [-0.2, 0) is 11.4 Å². The summed E-state index contributed by atoms with van der Waals surface area (Å²) in [4.78, 5) is 14.6. The van der Waals surface area contributed by atoms with Gasteiger partial charge in [0.1, 0.15) is 6.61 Å². The Morgan fingerprint density at radius 3 is 2.45 bits per heavy atom. The molecule has 0 radical (unpaired) electrons. The van der Waals surface area contributed by atoms with Crippen molar-refractivity contribution in [2.24, 2.45) is 0 Å². The Labute approximate surface area is 190 Å². The molecule has 0 unspecified atom stereocenters. The summed E-state index contributed by atoms with van der Waals surface area (Å²) in [7, 11) is 0. The number of para-hydroxylation sites is 1. The lowest BCUT2D eigenvalue weighted by Gasteiger charge is -2.13. The fourth-order valence-corrected chi connectivity index (χ4v) is 4.25. The normalized spacial score (nSPS) is 13.9. The first kappa shape index (κ1) is 21.0. The van der Waals surface area contributed by atoms with Crippen molar-refractivity contribution in [2.45, 2.75) is 13.5 Å². The molecule has 3 aromatic carbocycles. The summed E-state index contributed by atoms with van der Waals surface area (Å²) in [6.07, 6.45) is 1.79. The van der Waals surface area contributed by atoms with E-state index in [1.165, 1.54) is 0 Å². The van der Waals surface area contributed by atoms with Gasteiger partial charge in [-0.25, -0.2) is 0 Å². The molecule has 6 heteroatoms. The Kier molecular flexibility index (Phi) is 5.99. The highest BCUT2D eigenvalue weighted by molar-refractivity contribution is 6.38. The first-order valence-electron chi connectivity index (χ1n) is 9.76. The molecule has 3 aromatic rings. The average Bonchev–Trinajstić information content (AvgIpc) is 3.04. The highest BCUT2D eigenvalue weighted by Crippen LogP contribution is 2.40. The second-order valence-corrected chi connectivity index (χ2v) is 7.81. The van der Waals surface area contributed by atoms with Crippen LogP contribution in [0.25, 0.3) is 11.6 Å². The van der Waals surface area contributed by atoms with Crippen LogP contribution in [-0.4, -0.2) is 12.5 Å². The zero-order valence-electron chi connectivity index (χ0n) is 16.7. The maximum absolute atomic E-state index is 12.9. The zero-order chi connectivity index (χ0) is 22.0. The predicted octanol–water partition coefficient (Wildman–Crippen LogP) is 6.35. The summed E-state index contributed by atoms with van der Waals surface area (Å²) < 4.78 is 5.82. The van der Waals surface area contributed by atoms with Crippen LogP contribution < -0.4 is 9.64 Å². The SMILES string of the molecule is CCN1C(=O)/C(=C\c2cc(Cl)c(OCc3ccccc3C#N)c(Cl)c2)c2ccccc21. The maximum Gasteiger partial charge on any atom is 0.258 e. The van der Waals surface area contributed by atoms with Crippen molar-refractivity contribution >= 4 is 46.4 Å². The van der Waals surface area contributed by atoms with Gasteiger partial charge < -0.3 is 9.64 Å². The Balaban J connectivity index is 1.64. The minimum Gasteiger partial charge on any atom is -0.486 e. The second kappa shape index (κ2) is 8.85. The number of hydrogen-bond donors (Lipinski definition) is 0. The molecule has 0 aromatic heterocycles. The van der Waals surface area contributed by atoms with E-state index in [-0.39, 0.29) is 12.5 Å². The van der Waals surface area contributed by atoms with Gasteiger partial charge in [-0.2, -0.15) is 5.26 Å². The van der Waals surface area contributed by atoms with Gasteiger partial charge in [-0.3, -0.25) is 4.79 Å². The van der Waals surface area contributed by atoms with E-state index in [0.717, 1.165) is 16.8 Å². The number of benzene rings is 3. The summed E-state index contributed by atoms with van der Waals surface area (Å²) in [5, 5.41) is 9.90. The molecule has 0 spiro atoms. The minimum atomic E-state index is -0.0515. The molecule has 0 bridgehead atoms. The molecule has 31 heavy (non-hydrogen) atoms. The van der Waals surface area contributed by atoms with Gasteiger partial charge in [0, 0.05) is 23.2 Å². The van der Waals surface area contributed by atoms with E-state index < -0.39 is 0 Å². The predicted molar refractivity (Wildman–Crippen MR) is 124 cm³/mol. The van der Waals surface area contributed by atoms with Crippen LogP contribution in [0.2, 0.25) is 10.0 Å². The number of halogens is 2. The van der Waals surface area contributed by atoms with Gasteiger partial charge in [0.05, 0.1) is 27.4 Å². The summed E-state index contributed by atoms with van der Waals surface area (Å²) in [5.74, 6) is 0.288. The molecule has 154 valence electrons. The van der Waals surface area contributed by atoms with Crippen LogP contribution in [0, 0.1) is 11.3 Å². The van der Waals surface area contributed by atoms with Crippen molar-refractivity contribution < 1.29 is 9.53 Å². The molecule has 4 rings (SSSR count). The van der Waals surface area contributed by atoms with Crippen LogP contribution >= 0.6 is 23.2 Å². The number of fused-ring (bicyclic) bond motifs is 1. The molecule has 0 aliphatic carbocycles. The molecule has 4 nitrogen and oxygen atoms in total. The van der Waals surface area contributed by atoms with Crippen molar-refractivity contribution in [3.8, 4) is 11.8 Å². The van der Waals surface area contributed by atoms with Crippen molar-refractivity contribution in [3.63, 3.8) is 0 Å². The number of anilines is 1. The third kappa shape index (κ3) is 4.03. The van der Waals surface area contributed by atoms with Crippen LogP contribution in [0.4, 0.5) is 5.69 Å². The number of ether oxygens (including phenoxy) is 1. The highest BCUT2D eigenvalue weighted by Gasteiger charge is 2.30. The lowest BCUT2D eigenvalue weighted by molar-refractivity contribution is -0.112. The number of rotatable bonds is 5. The fourth-order valence-electron chi connectivity index (χ4n) is 3.63. The lowest BCUT2D eigenvalue weighted by Crippen LogP contribution is -2.25. The Hall–Kier alpha value is -3.26. The monoisotopic (exact) mass is 448 g/mol. The number of nitrogens with zero attached hydrogens (tertiary/aromatic N) is 2. The van der Waals surface area contributed by atoms with Crippen molar-refractivity contribution in [1.29, 1.82) is 5.26 Å². The van der Waals surface area contributed by atoms with E-state index in [1.54, 1.807) is 35.2 Å². The smallest absolute Gasteiger partial charge is 0.258 e. The topological polar surface area (TPSA) is 53.3 Å². The van der Waals surface area contributed by atoms with Gasteiger partial charge >= 0.3 is 0 Å². The quantitative estimate of drug-likeness (QED) is 0.427. The molecule has 1 aliphatic heterocycles. The number of carbonyl (C=O) groups excluding carboxylic acids is 1. The molecule has 1 heterocycles. The number of carbonyl (C=O) groups is 1. The largest absolute Gasteiger partial charge is 0.486 e. The Morgan fingerprint density at radius 1 is 1.06 bits per heavy atom. The van der Waals surface area contributed by atoms with E-state index >= 15 is 0 Å². The summed E-state index contributed by atoms with van der Waals surface area (Å²) in [5.41, 5.74) is 4.37. The minimum absolute atomic E-state index is 0.0515. The number of hydrogen-bond acceptors (Lipinski definition) is 3. The zero-order valence-corrected chi connectivity index (χ0v) is 18.2. The summed E-state index contributed by atoms with van der Waals surface area (Å²) in [6.45, 7) is 2.70. The van der Waals surface area contributed by atoms with Crippen LogP contribution in [0.3, 0.4) is 0 Å². The molecule has 0 saturated heterocycles. The average molecular weight is 449 g/mol. The van der Waals surface area contributed by atoms with E-state index in [4.69, 9.17) is 27.9 Å². The van der Waals surface area contributed by atoms with Gasteiger partial charge in [0.25, 0.3) is 5.91 Å². The standard InChI is InChI=1S/C25H18Cl2N2O2/c1-2-29-23-10-6-5-9-19(23)20(25(29)30)11-16-12-21(26)24(22(27)13-16)31-15-18-8-4-3-7-17(18)14-28/h3-13H,2,15H2,1H3/b20-11-. The first-order chi connectivity index (χ1) is 15.0. The van der Waals surface area contributed by atoms with Crippen LogP contribution in [0.5, 0.6) is 5.75 Å². The maximum atomic E-state index is 12.9. The Morgan fingerprint density at radius 2 is 1.74 bits per heavy atom. The van der Waals surface area contributed by atoms with Crippen molar-refractivity contribution in [3.05, 3.63) is 93.0 Å². The fraction of sp³-hybridized carbons (Fsp3) is 0.120. The number of amides is 1. The highest BCUT2D eigenvalue weighted by atomic mass is 35.5. The molecule has 0 atom stereocenters. The first-order valence-corrected chi connectivity index (χ1v) is 10.5. The second-order valence-electron chi connectivity index (χ2n) is 7.00. The molecular formula is C25H18Cl2N2O2. The molecule has 1 aliphatic rings. The van der Waals surface area contributed by atoms with E-state index in [1.807, 2.05) is 43.3 Å². The van der Waals surface area contributed by atoms with Crippen LogP contribution in [0.1, 0.15) is 29.2 Å². The molecule has 0 N–H and O–H groups in total. The van der Waals surface area contributed by atoms with Gasteiger partial charge in [-0.15, -0.1) is 0 Å². The van der Waals surface area contributed by atoms with Gasteiger partial charge in [0.2, 0.25) is 0 Å². The Bertz CT molecular complexity index is 1220. The van der Waals surface area contributed by atoms with E-state index in [0.29, 0.717) is 39.0 Å². The third-order valence-corrected chi connectivity index (χ3v) is 5.68. The van der Waals surface area contributed by atoms with E-state index in [2.05, 4.69) is 6.07 Å². The summed E-state index contributed by atoms with van der Waals surface area (Å²) in [6, 6.07) is 20.5.